The van der Waals surface area contributed by atoms with Crippen molar-refractivity contribution in [3.63, 3.8) is 0 Å². The van der Waals surface area contributed by atoms with Crippen LogP contribution in [0.3, 0.4) is 0 Å². The molecule has 2 aromatic rings. The third kappa shape index (κ3) is 73.7. The molecule has 0 fully saturated rings. The molecule has 0 spiro atoms. The molecule has 14 N–H and O–H groups in total. The van der Waals surface area contributed by atoms with E-state index in [4.69, 9.17) is 69.0 Å². The molecule has 39 nitrogen and oxygen atoms in total. The van der Waals surface area contributed by atoms with E-state index in [-0.39, 0.29) is 263 Å². The van der Waals surface area contributed by atoms with Gasteiger partial charge in [-0.25, -0.2) is 14.4 Å². The first kappa shape index (κ1) is 131. The highest BCUT2D eigenvalue weighted by atomic mass is 16.5. The van der Waals surface area contributed by atoms with Crippen LogP contribution >= 0.6 is 0 Å². The topological polar surface area (TPSA) is 588 Å². The van der Waals surface area contributed by atoms with Gasteiger partial charge in [0.2, 0.25) is 35.4 Å². The predicted octanol–water partition coefficient (Wildman–Crippen LogP) is 11.2. The summed E-state index contributed by atoms with van der Waals surface area (Å²) < 4.78 is 54.9. The number of rotatable bonds is 100. The molecule has 39 heteroatoms. The molecule has 6 amide bonds. The Kier molecular flexibility index (Phi) is 76.9. The quantitative estimate of drug-likeness (QED) is 0.0274. The lowest BCUT2D eigenvalue weighted by molar-refractivity contribution is -0.144. The van der Waals surface area contributed by atoms with Crippen LogP contribution < -0.4 is 52.8 Å². The molecule has 822 valence electrons. The molecule has 0 aliphatic rings. The van der Waals surface area contributed by atoms with Gasteiger partial charge in [0, 0.05) is 127 Å². The first-order chi connectivity index (χ1) is 69.6. The van der Waals surface area contributed by atoms with Gasteiger partial charge in [-0.3, -0.25) is 67.1 Å². The summed E-state index contributed by atoms with van der Waals surface area (Å²) in [5, 5.41) is 53.7. The number of benzene rings is 2. The lowest BCUT2D eigenvalue weighted by atomic mass is 9.79. The van der Waals surface area contributed by atoms with Crippen LogP contribution in [0, 0.1) is 23.2 Å². The van der Waals surface area contributed by atoms with E-state index in [2.05, 4.69) is 31.9 Å². The van der Waals surface area contributed by atoms with E-state index in [0.717, 1.165) is 89.9 Å². The molecular formula is C106H172N8O31. The van der Waals surface area contributed by atoms with Crippen LogP contribution in [0.25, 0.3) is 0 Å². The molecule has 145 heavy (non-hydrogen) atoms. The standard InChI is InChI=1S/C106H172N8O31/c1-79(115)82(32-22-25-54-112-100(126)91(107)38-20-17-19-35-87(118)75-140-68-67-139-63-57-111-99(125)78-143-71-64-136-58-30-36-85(116)46-51-93(105(134)135)114-97(123)40-21-14-10-8-12-16-29-61-145-90-49-43-81(44-50-90)103(130)131)73-94(120)83(74-95(121)106(2,3)4)33-23-26-55-113-101(127)92(108)39-24-27-53-109-98(124)77-142-70-65-137-59-31-37-88(119)76-141-69-66-138-62-56-110-96(122)52-45-84(104(132)133)72-86(117)34-18-13-9-6-5-7-11-15-28-60-144-89-47-41-80(42-48-89)102(128)129/h41-44,47-50,82-84,91-93H,5-40,45-46,51-78,107-108H2,1-4H3,(H,109,124)(H,110,122)(H,111,125)(H,112,126)(H,113,127)(H,114,123)(H,128,129)(H,130,131)(H,132,133)(H,134,135)/t82-,83-,84-,91+,92?,93+/m1/s1. The van der Waals surface area contributed by atoms with Crippen LogP contribution in [0.2, 0.25) is 0 Å². The fraction of sp³-hybridized carbons (Fsp3) is 0.726. The smallest absolute Gasteiger partial charge is 0.335 e. The van der Waals surface area contributed by atoms with E-state index in [1.165, 1.54) is 31.2 Å². The number of carboxylic acids is 4. The van der Waals surface area contributed by atoms with Gasteiger partial charge in [-0.15, -0.1) is 0 Å². The minimum atomic E-state index is -1.20. The van der Waals surface area contributed by atoms with Gasteiger partial charge in [-0.2, -0.15) is 0 Å². The second-order valence-electron chi connectivity index (χ2n) is 37.8. The van der Waals surface area contributed by atoms with Crippen LogP contribution in [-0.2, 0) is 110 Å². The highest BCUT2D eigenvalue weighted by Crippen LogP contribution is 2.28. The lowest BCUT2D eigenvalue weighted by Crippen LogP contribution is -2.41. The third-order valence-corrected chi connectivity index (χ3v) is 24.1. The molecule has 1 unspecified atom stereocenters. The number of nitrogens with one attached hydrogen (secondary N) is 6. The van der Waals surface area contributed by atoms with Gasteiger partial charge in [0.05, 0.1) is 108 Å². The minimum absolute atomic E-state index is 0.00433. The molecular weight excluding hydrogens is 1880 g/mol. The number of amides is 6. The highest BCUT2D eigenvalue weighted by Gasteiger charge is 2.32. The van der Waals surface area contributed by atoms with Crippen LogP contribution in [-0.4, -0.2) is 290 Å². The van der Waals surface area contributed by atoms with Gasteiger partial charge in [0.25, 0.3) is 0 Å². The summed E-state index contributed by atoms with van der Waals surface area (Å²) in [7, 11) is 0. The number of unbranched alkanes of at least 4 members (excludes halogenated alkanes) is 19. The van der Waals surface area contributed by atoms with Crippen molar-refractivity contribution in [2.45, 2.75) is 322 Å². The Bertz CT molecular complexity index is 4020. The number of carbonyl (C=O) groups is 17. The molecule has 0 aliphatic heterocycles. The molecule has 0 heterocycles. The first-order valence-electron chi connectivity index (χ1n) is 52.4. The highest BCUT2D eigenvalue weighted by molar-refractivity contribution is 5.93. The number of hydrogen-bond acceptors (Lipinski definition) is 29. The predicted molar refractivity (Wildman–Crippen MR) is 542 cm³/mol. The number of hydrogen-bond donors (Lipinski definition) is 12. The van der Waals surface area contributed by atoms with Crippen LogP contribution in [0.1, 0.15) is 325 Å². The van der Waals surface area contributed by atoms with Gasteiger partial charge in [0.15, 0.2) is 11.6 Å². The number of ketones is 7. The Morgan fingerprint density at radius 2 is 0.669 bits per heavy atom. The molecule has 0 saturated heterocycles. The largest absolute Gasteiger partial charge is 0.494 e. The Morgan fingerprint density at radius 3 is 1.12 bits per heavy atom. The van der Waals surface area contributed by atoms with Gasteiger partial charge in [0.1, 0.15) is 72.9 Å². The van der Waals surface area contributed by atoms with Crippen molar-refractivity contribution in [2.24, 2.45) is 34.6 Å². The van der Waals surface area contributed by atoms with Crippen molar-refractivity contribution in [2.75, 3.05) is 152 Å². The average Bonchev–Trinajstić information content (AvgIpc) is 0.852. The van der Waals surface area contributed by atoms with E-state index in [1.54, 1.807) is 45.0 Å². The van der Waals surface area contributed by atoms with E-state index in [0.29, 0.717) is 173 Å². The molecule has 0 saturated carbocycles. The van der Waals surface area contributed by atoms with E-state index < -0.39 is 65.2 Å². The number of nitrogens with two attached hydrogens (primary N) is 2. The molecule has 0 radical (unpaired) electrons. The van der Waals surface area contributed by atoms with Crippen molar-refractivity contribution in [1.29, 1.82) is 0 Å². The molecule has 0 aliphatic carbocycles. The second-order valence-corrected chi connectivity index (χ2v) is 37.8. The number of aromatic carboxylic acids is 2. The second kappa shape index (κ2) is 85.0. The zero-order chi connectivity index (χ0) is 107. The molecule has 6 atom stereocenters. The van der Waals surface area contributed by atoms with Crippen molar-refractivity contribution >= 4 is 99.8 Å². The van der Waals surface area contributed by atoms with Crippen molar-refractivity contribution in [3.05, 3.63) is 59.7 Å². The molecule has 2 aromatic carbocycles. The third-order valence-electron chi connectivity index (χ3n) is 24.1. The number of ether oxygens (including phenoxy) is 10. The summed E-state index contributed by atoms with van der Waals surface area (Å²) in [5.41, 5.74) is 12.1. The summed E-state index contributed by atoms with van der Waals surface area (Å²) in [5.74, 6) is -7.96. The van der Waals surface area contributed by atoms with Gasteiger partial charge in [-0.1, -0.05) is 124 Å². The maximum Gasteiger partial charge on any atom is 0.335 e. The zero-order valence-corrected chi connectivity index (χ0v) is 86.7. The molecule has 2 rings (SSSR count). The minimum Gasteiger partial charge on any atom is -0.494 e. The zero-order valence-electron chi connectivity index (χ0n) is 86.7. The maximum atomic E-state index is 13.9. The normalized spacial score (nSPS) is 12.6. The van der Waals surface area contributed by atoms with Crippen LogP contribution in [0.4, 0.5) is 0 Å². The number of aliphatic carboxylic acids is 2. The monoisotopic (exact) mass is 2050 g/mol. The van der Waals surface area contributed by atoms with E-state index in [1.807, 2.05) is 0 Å². The van der Waals surface area contributed by atoms with Gasteiger partial charge in [-0.05, 0) is 165 Å². The Labute approximate surface area is 856 Å². The Balaban J connectivity index is 1.42. The Morgan fingerprint density at radius 1 is 0.297 bits per heavy atom. The number of Topliss-reactive ketones (excluding diaryl/α,β-unsaturated/α-hetero) is 7. The van der Waals surface area contributed by atoms with Crippen LogP contribution in [0.5, 0.6) is 11.5 Å². The van der Waals surface area contributed by atoms with E-state index >= 15 is 0 Å². The first-order valence-corrected chi connectivity index (χ1v) is 52.4. The Hall–Kier alpha value is -9.97. The van der Waals surface area contributed by atoms with Crippen LogP contribution in [0.15, 0.2) is 48.5 Å². The van der Waals surface area contributed by atoms with E-state index in [9.17, 15) is 91.7 Å². The molecule has 0 aromatic heterocycles. The average molecular weight is 2050 g/mol. The lowest BCUT2D eigenvalue weighted by Gasteiger charge is -2.23. The summed E-state index contributed by atoms with van der Waals surface area (Å²) in [6.07, 6.45) is 23.9. The maximum absolute atomic E-state index is 13.9. The molecule has 0 bridgehead atoms. The van der Waals surface area contributed by atoms with Crippen molar-refractivity contribution in [3.8, 4) is 11.5 Å². The van der Waals surface area contributed by atoms with Gasteiger partial charge >= 0.3 is 23.9 Å². The summed E-state index contributed by atoms with van der Waals surface area (Å²) in [6.45, 7) is 11.2. The summed E-state index contributed by atoms with van der Waals surface area (Å²) in [6, 6.07) is 9.94. The fourth-order valence-electron chi connectivity index (χ4n) is 15.2. The summed E-state index contributed by atoms with van der Waals surface area (Å²) >= 11 is 0. The SMILES string of the molecule is CC(=O)[C@H](CCCCNC(=O)[C@@H](N)CCCCCC(=O)COCCOCCNC(=O)COCCOCCCC(=O)CC[C@H](NC(=O)CCCCCCCCCOc1ccc(C(=O)O)cc1)C(=O)O)CC(=O)[C@H](CCCCNC(=O)C(N)CCCCNC(=O)COCCOCCCC(=O)COCCOCCNC(=O)CC[C@H](CC(=O)CCCCCCCCCCCOc1ccc(C(=O)O)cc1)C(=O)O)CC(=O)C(C)(C)C. The summed E-state index contributed by atoms with van der Waals surface area (Å²) in [4.78, 5) is 210. The van der Waals surface area contributed by atoms with Crippen molar-refractivity contribution in [1.82, 2.24) is 31.9 Å². The number of carbonyl (C=O) groups excluding carboxylic acids is 13. The van der Waals surface area contributed by atoms with Gasteiger partial charge < -0.3 is 111 Å². The number of carboxylic acid groups (broad SMARTS) is 4. The van der Waals surface area contributed by atoms with Crippen molar-refractivity contribution < 1.29 is 149 Å². The fourth-order valence-corrected chi connectivity index (χ4v) is 15.2.